The zero-order chi connectivity index (χ0) is 19.3. The summed E-state index contributed by atoms with van der Waals surface area (Å²) in [5, 5.41) is 14.1. The number of rotatable bonds is 6. The minimum absolute atomic E-state index is 0.163. The summed E-state index contributed by atoms with van der Waals surface area (Å²) in [5.41, 5.74) is 1.90. The van der Waals surface area contributed by atoms with Crippen molar-refractivity contribution in [3.05, 3.63) is 53.6 Å². The molecule has 148 valence electrons. The molecule has 0 unspecified atom stereocenters. The Kier molecular flexibility index (Phi) is 5.83. The Morgan fingerprint density at radius 2 is 2.04 bits per heavy atom. The van der Waals surface area contributed by atoms with Gasteiger partial charge in [-0.1, -0.05) is 24.3 Å². The van der Waals surface area contributed by atoms with E-state index < -0.39 is 0 Å². The summed E-state index contributed by atoms with van der Waals surface area (Å²) < 4.78 is 16.6. The van der Waals surface area contributed by atoms with Crippen molar-refractivity contribution in [2.45, 2.75) is 32.0 Å². The maximum Gasteiger partial charge on any atom is 0.231 e. The first-order chi connectivity index (χ1) is 13.7. The molecule has 0 spiro atoms. The number of fused-ring (bicyclic) bond motifs is 1. The molecule has 0 saturated carbocycles. The third-order valence-electron chi connectivity index (χ3n) is 4.97. The molecule has 4 rings (SSSR count). The van der Waals surface area contributed by atoms with Gasteiger partial charge in [-0.2, -0.15) is 0 Å². The molecule has 1 saturated heterocycles. The number of phenols is 1. The maximum absolute atomic E-state index is 10.2. The average Bonchev–Trinajstić information content (AvgIpc) is 3.38. The van der Waals surface area contributed by atoms with Crippen LogP contribution in [0, 0.1) is 0 Å². The molecule has 28 heavy (non-hydrogen) atoms. The summed E-state index contributed by atoms with van der Waals surface area (Å²) in [6, 6.07) is 13.2. The third-order valence-corrected chi connectivity index (χ3v) is 5.37. The smallest absolute Gasteiger partial charge is 0.231 e. The molecule has 0 bridgehead atoms. The van der Waals surface area contributed by atoms with E-state index in [0.29, 0.717) is 24.7 Å². The zero-order valence-corrected chi connectivity index (χ0v) is 16.4. The highest BCUT2D eigenvalue weighted by Crippen LogP contribution is 2.32. The Morgan fingerprint density at radius 1 is 1.18 bits per heavy atom. The number of thiocarbonyl (C=S) groups is 1. The van der Waals surface area contributed by atoms with Gasteiger partial charge in [0.25, 0.3) is 0 Å². The van der Waals surface area contributed by atoms with E-state index in [1.807, 2.05) is 36.4 Å². The predicted molar refractivity (Wildman–Crippen MR) is 109 cm³/mol. The van der Waals surface area contributed by atoms with Crippen molar-refractivity contribution in [2.75, 3.05) is 19.9 Å². The number of phenolic OH excluding ortho intramolecular Hbond substituents is 1. The van der Waals surface area contributed by atoms with Crippen LogP contribution in [0.25, 0.3) is 0 Å². The van der Waals surface area contributed by atoms with Crippen LogP contribution in [0.5, 0.6) is 17.2 Å². The van der Waals surface area contributed by atoms with Crippen LogP contribution in [-0.2, 0) is 17.8 Å². The van der Waals surface area contributed by atoms with Gasteiger partial charge in [0.15, 0.2) is 16.6 Å². The van der Waals surface area contributed by atoms with Gasteiger partial charge >= 0.3 is 0 Å². The van der Waals surface area contributed by atoms with Crippen LogP contribution in [-0.4, -0.2) is 41.2 Å². The summed E-state index contributed by atoms with van der Waals surface area (Å²) in [6.45, 7) is 2.87. The predicted octanol–water partition coefficient (Wildman–Crippen LogP) is 3.18. The number of hydrogen-bond donors (Lipinski definition) is 2. The SMILES string of the molecule is Oc1ccccc1CN(C[C@H]1CCCO1)C(=S)NCc1ccc2c(c1)OCO2. The Morgan fingerprint density at radius 3 is 2.86 bits per heavy atom. The highest BCUT2D eigenvalue weighted by atomic mass is 32.1. The zero-order valence-electron chi connectivity index (χ0n) is 15.6. The van der Waals surface area contributed by atoms with Gasteiger partial charge in [0.1, 0.15) is 5.75 Å². The molecule has 2 N–H and O–H groups in total. The standard InChI is InChI=1S/C21H24N2O4S/c24-18-6-2-1-4-16(18)12-23(13-17-5-3-9-25-17)21(28)22-11-15-7-8-19-20(10-15)27-14-26-19/h1-2,4,6-8,10,17,24H,3,5,9,11-14H2,(H,22,28)/t17-/m1/s1. The second-order valence-electron chi connectivity index (χ2n) is 6.99. The normalized spacial score (nSPS) is 17.5. The summed E-state index contributed by atoms with van der Waals surface area (Å²) in [4.78, 5) is 2.06. The number of ether oxygens (including phenoxy) is 3. The van der Waals surface area contributed by atoms with E-state index in [0.717, 1.165) is 42.1 Å². The Hall–Kier alpha value is -2.51. The van der Waals surface area contributed by atoms with Gasteiger partial charge < -0.3 is 29.5 Å². The Balaban J connectivity index is 1.42. The van der Waals surface area contributed by atoms with Crippen molar-refractivity contribution in [1.29, 1.82) is 0 Å². The van der Waals surface area contributed by atoms with Gasteiger partial charge in [0, 0.05) is 31.8 Å². The van der Waals surface area contributed by atoms with Gasteiger partial charge in [-0.15, -0.1) is 0 Å². The number of hydrogen-bond acceptors (Lipinski definition) is 5. The molecule has 7 heteroatoms. The topological polar surface area (TPSA) is 63.2 Å². The van der Waals surface area contributed by atoms with E-state index in [2.05, 4.69) is 10.2 Å². The van der Waals surface area contributed by atoms with Gasteiger partial charge in [-0.25, -0.2) is 0 Å². The highest BCUT2D eigenvalue weighted by molar-refractivity contribution is 7.80. The number of nitrogens with zero attached hydrogens (tertiary/aromatic N) is 1. The highest BCUT2D eigenvalue weighted by Gasteiger charge is 2.22. The van der Waals surface area contributed by atoms with Gasteiger partial charge in [-0.05, 0) is 48.8 Å². The number of aromatic hydroxyl groups is 1. The fourth-order valence-corrected chi connectivity index (χ4v) is 3.66. The summed E-state index contributed by atoms with van der Waals surface area (Å²) in [6.07, 6.45) is 2.27. The monoisotopic (exact) mass is 400 g/mol. The van der Waals surface area contributed by atoms with E-state index in [9.17, 15) is 5.11 Å². The van der Waals surface area contributed by atoms with Crippen molar-refractivity contribution >= 4 is 17.3 Å². The van der Waals surface area contributed by atoms with Crippen LogP contribution in [0.15, 0.2) is 42.5 Å². The minimum atomic E-state index is 0.163. The second kappa shape index (κ2) is 8.67. The summed E-state index contributed by atoms with van der Waals surface area (Å²) >= 11 is 5.67. The molecular weight excluding hydrogens is 376 g/mol. The molecule has 6 nitrogen and oxygen atoms in total. The number of para-hydroxylation sites is 1. The Labute approximate surface area is 170 Å². The maximum atomic E-state index is 10.2. The van der Waals surface area contributed by atoms with E-state index in [-0.39, 0.29) is 18.6 Å². The Bertz CT molecular complexity index is 839. The van der Waals surface area contributed by atoms with Crippen molar-refractivity contribution in [3.8, 4) is 17.2 Å². The van der Waals surface area contributed by atoms with E-state index in [1.54, 1.807) is 6.07 Å². The van der Waals surface area contributed by atoms with Crippen LogP contribution >= 0.6 is 12.2 Å². The molecule has 1 fully saturated rings. The molecule has 1 atom stereocenters. The quantitative estimate of drug-likeness (QED) is 0.722. The molecular formula is C21H24N2O4S. The van der Waals surface area contributed by atoms with Crippen molar-refractivity contribution < 1.29 is 19.3 Å². The summed E-state index contributed by atoms with van der Waals surface area (Å²) in [5.74, 6) is 1.81. The van der Waals surface area contributed by atoms with Gasteiger partial charge in [0.2, 0.25) is 6.79 Å². The van der Waals surface area contributed by atoms with Crippen molar-refractivity contribution in [1.82, 2.24) is 10.2 Å². The van der Waals surface area contributed by atoms with Gasteiger partial charge in [-0.3, -0.25) is 0 Å². The molecule has 2 aliphatic heterocycles. The largest absolute Gasteiger partial charge is 0.508 e. The second-order valence-corrected chi connectivity index (χ2v) is 7.38. The van der Waals surface area contributed by atoms with Crippen molar-refractivity contribution in [2.24, 2.45) is 0 Å². The van der Waals surface area contributed by atoms with Crippen LogP contribution in [0.1, 0.15) is 24.0 Å². The van der Waals surface area contributed by atoms with Crippen molar-refractivity contribution in [3.63, 3.8) is 0 Å². The third kappa shape index (κ3) is 4.48. The first-order valence-electron chi connectivity index (χ1n) is 9.49. The number of benzene rings is 2. The lowest BCUT2D eigenvalue weighted by molar-refractivity contribution is 0.0896. The molecule has 2 aromatic rings. The van der Waals surface area contributed by atoms with E-state index >= 15 is 0 Å². The fourth-order valence-electron chi connectivity index (χ4n) is 3.44. The lowest BCUT2D eigenvalue weighted by Gasteiger charge is -2.28. The van der Waals surface area contributed by atoms with Crippen LogP contribution in [0.2, 0.25) is 0 Å². The molecule has 2 heterocycles. The summed E-state index contributed by atoms with van der Waals surface area (Å²) in [7, 11) is 0. The lowest BCUT2D eigenvalue weighted by Crippen LogP contribution is -2.42. The molecule has 0 aromatic heterocycles. The molecule has 0 aliphatic carbocycles. The minimum Gasteiger partial charge on any atom is -0.508 e. The van der Waals surface area contributed by atoms with Crippen LogP contribution < -0.4 is 14.8 Å². The van der Waals surface area contributed by atoms with Crippen LogP contribution in [0.3, 0.4) is 0 Å². The average molecular weight is 401 g/mol. The lowest BCUT2D eigenvalue weighted by atomic mass is 10.1. The fraction of sp³-hybridized carbons (Fsp3) is 0.381. The molecule has 0 radical (unpaired) electrons. The van der Waals surface area contributed by atoms with E-state index in [1.165, 1.54) is 0 Å². The molecule has 2 aliphatic rings. The first kappa shape index (κ1) is 18.8. The molecule has 0 amide bonds. The first-order valence-corrected chi connectivity index (χ1v) is 9.89. The molecule has 2 aromatic carbocycles. The number of nitrogens with one attached hydrogen (secondary N) is 1. The van der Waals surface area contributed by atoms with E-state index in [4.69, 9.17) is 26.4 Å². The van der Waals surface area contributed by atoms with Crippen LogP contribution in [0.4, 0.5) is 0 Å². The van der Waals surface area contributed by atoms with Gasteiger partial charge in [0.05, 0.1) is 6.10 Å².